The van der Waals surface area contributed by atoms with Gasteiger partial charge in [0, 0.05) is 18.2 Å². The Morgan fingerprint density at radius 1 is 1.25 bits per heavy atom. The molecular weight excluding hydrogens is 366 g/mol. The minimum Gasteiger partial charge on any atom is -0.324 e. The van der Waals surface area contributed by atoms with E-state index in [1.165, 1.54) is 15.3 Å². The van der Waals surface area contributed by atoms with Crippen molar-refractivity contribution in [1.82, 2.24) is 9.88 Å². The van der Waals surface area contributed by atoms with E-state index in [2.05, 4.69) is 60.5 Å². The van der Waals surface area contributed by atoms with Gasteiger partial charge in [-0.3, -0.25) is 9.69 Å². The summed E-state index contributed by atoms with van der Waals surface area (Å²) in [6.45, 7) is 6.50. The average molecular weight is 394 g/mol. The van der Waals surface area contributed by atoms with Crippen molar-refractivity contribution < 1.29 is 4.79 Å². The first kappa shape index (κ1) is 19.1. The number of thiazole rings is 1. The van der Waals surface area contributed by atoms with E-state index in [1.54, 1.807) is 11.3 Å². The predicted molar refractivity (Wildman–Crippen MR) is 117 cm³/mol. The lowest BCUT2D eigenvalue weighted by atomic mass is 9.98. The lowest BCUT2D eigenvalue weighted by molar-refractivity contribution is -0.117. The first-order chi connectivity index (χ1) is 13.6. The summed E-state index contributed by atoms with van der Waals surface area (Å²) in [4.78, 5) is 19.8. The molecule has 4 rings (SSSR count). The highest BCUT2D eigenvalue weighted by molar-refractivity contribution is 7.18. The van der Waals surface area contributed by atoms with Gasteiger partial charge in [-0.05, 0) is 56.0 Å². The zero-order valence-electron chi connectivity index (χ0n) is 16.6. The van der Waals surface area contributed by atoms with Gasteiger partial charge in [0.1, 0.15) is 0 Å². The number of fused-ring (bicyclic) bond motifs is 1. The van der Waals surface area contributed by atoms with Crippen molar-refractivity contribution in [3.63, 3.8) is 0 Å². The smallest absolute Gasteiger partial charge is 0.238 e. The zero-order valence-corrected chi connectivity index (χ0v) is 17.4. The number of rotatable bonds is 5. The molecule has 0 radical (unpaired) electrons. The van der Waals surface area contributed by atoms with Crippen LogP contribution in [0, 0.1) is 6.92 Å². The van der Waals surface area contributed by atoms with Crippen molar-refractivity contribution >= 4 is 33.1 Å². The Morgan fingerprint density at radius 2 is 2.11 bits per heavy atom. The third-order valence-corrected chi connectivity index (χ3v) is 6.74. The molecule has 1 fully saturated rings. The van der Waals surface area contributed by atoms with E-state index in [0.29, 0.717) is 12.5 Å². The highest BCUT2D eigenvalue weighted by Crippen LogP contribution is 2.33. The molecular formula is C23H27N3OS. The Morgan fingerprint density at radius 3 is 2.93 bits per heavy atom. The number of piperidine rings is 1. The van der Waals surface area contributed by atoms with E-state index in [0.717, 1.165) is 49.1 Å². The van der Waals surface area contributed by atoms with Gasteiger partial charge in [-0.1, -0.05) is 37.3 Å². The van der Waals surface area contributed by atoms with Crippen molar-refractivity contribution in [2.24, 2.45) is 0 Å². The summed E-state index contributed by atoms with van der Waals surface area (Å²) < 4.78 is 1.25. The summed E-state index contributed by atoms with van der Waals surface area (Å²) in [5.41, 5.74) is 4.39. The van der Waals surface area contributed by atoms with E-state index in [1.807, 2.05) is 6.07 Å². The Bertz CT molecular complexity index is 948. The molecule has 0 unspecified atom stereocenters. The Hall–Kier alpha value is -2.24. The summed E-state index contributed by atoms with van der Waals surface area (Å²) in [5.74, 6) is 0.498. The summed E-state index contributed by atoms with van der Waals surface area (Å²) in [6.07, 6.45) is 3.18. The lowest BCUT2D eigenvalue weighted by Crippen LogP contribution is -2.39. The van der Waals surface area contributed by atoms with Crippen molar-refractivity contribution in [3.8, 4) is 0 Å². The Balaban J connectivity index is 1.42. The minimum atomic E-state index is 0.0777. The number of carbonyl (C=O) groups excluding carboxylic acids is 1. The van der Waals surface area contributed by atoms with Crippen LogP contribution in [0.25, 0.3) is 10.2 Å². The Kier molecular flexibility index (Phi) is 5.74. The first-order valence-corrected chi connectivity index (χ1v) is 10.9. The van der Waals surface area contributed by atoms with Gasteiger partial charge in [-0.25, -0.2) is 4.98 Å². The van der Waals surface area contributed by atoms with Crippen LogP contribution in [-0.2, 0) is 11.2 Å². The van der Waals surface area contributed by atoms with Gasteiger partial charge in [0.05, 0.1) is 21.8 Å². The fraction of sp³-hybridized carbons (Fsp3) is 0.391. The normalized spacial score (nSPS) is 17.7. The van der Waals surface area contributed by atoms with Gasteiger partial charge in [0.15, 0.2) is 0 Å². The molecule has 1 aliphatic heterocycles. The molecule has 1 aromatic heterocycles. The molecule has 4 nitrogen and oxygen atoms in total. The molecule has 1 amide bonds. The summed E-state index contributed by atoms with van der Waals surface area (Å²) in [5, 5.41) is 4.37. The van der Waals surface area contributed by atoms with Crippen LogP contribution in [0.4, 0.5) is 5.69 Å². The van der Waals surface area contributed by atoms with Crippen molar-refractivity contribution in [3.05, 3.63) is 58.6 Å². The number of hydrogen-bond donors (Lipinski definition) is 1. The molecule has 1 saturated heterocycles. The molecule has 2 aromatic carbocycles. The number of nitrogens with one attached hydrogen (secondary N) is 1. The monoisotopic (exact) mass is 393 g/mol. The van der Waals surface area contributed by atoms with Crippen molar-refractivity contribution in [2.45, 2.75) is 39.0 Å². The molecule has 0 aliphatic carbocycles. The number of para-hydroxylation sites is 2. The second-order valence-electron chi connectivity index (χ2n) is 7.60. The van der Waals surface area contributed by atoms with Gasteiger partial charge < -0.3 is 5.32 Å². The molecule has 146 valence electrons. The number of carbonyl (C=O) groups is 1. The highest BCUT2D eigenvalue weighted by Gasteiger charge is 2.25. The van der Waals surface area contributed by atoms with Crippen LogP contribution in [0.5, 0.6) is 0 Å². The summed E-state index contributed by atoms with van der Waals surface area (Å²) >= 11 is 1.80. The SMILES string of the molecule is CCc1cccc(C)c1NC(=O)CN1CCC[C@@H](c2nc3ccccc3s2)C1. The zero-order chi connectivity index (χ0) is 19.5. The number of aryl methyl sites for hydroxylation is 2. The molecule has 2 heterocycles. The van der Waals surface area contributed by atoms with Gasteiger partial charge in [-0.2, -0.15) is 0 Å². The maximum Gasteiger partial charge on any atom is 0.238 e. The number of aromatic nitrogens is 1. The third-order valence-electron chi connectivity index (χ3n) is 5.54. The van der Waals surface area contributed by atoms with Crippen LogP contribution in [0.15, 0.2) is 42.5 Å². The topological polar surface area (TPSA) is 45.2 Å². The number of nitrogens with zero attached hydrogens (tertiary/aromatic N) is 2. The molecule has 3 aromatic rings. The summed E-state index contributed by atoms with van der Waals surface area (Å²) in [6, 6.07) is 14.5. The number of likely N-dealkylation sites (tertiary alicyclic amines) is 1. The number of amides is 1. The largest absolute Gasteiger partial charge is 0.324 e. The molecule has 28 heavy (non-hydrogen) atoms. The standard InChI is InChI=1S/C23H27N3OS/c1-3-17-9-6-8-16(2)22(17)25-21(27)15-26-13-7-10-18(14-26)23-24-19-11-4-5-12-20(19)28-23/h4-6,8-9,11-12,18H,3,7,10,13-15H2,1-2H3,(H,25,27)/t18-/m1/s1. The van der Waals surface area contributed by atoms with Crippen LogP contribution < -0.4 is 5.32 Å². The van der Waals surface area contributed by atoms with Gasteiger partial charge in [0.25, 0.3) is 0 Å². The van der Waals surface area contributed by atoms with E-state index in [-0.39, 0.29) is 5.91 Å². The number of benzene rings is 2. The van der Waals surface area contributed by atoms with Gasteiger partial charge in [0.2, 0.25) is 5.91 Å². The maximum atomic E-state index is 12.7. The molecule has 1 atom stereocenters. The average Bonchev–Trinajstić information content (AvgIpc) is 3.14. The van der Waals surface area contributed by atoms with Crippen LogP contribution in [0.2, 0.25) is 0 Å². The van der Waals surface area contributed by atoms with E-state index in [9.17, 15) is 4.79 Å². The molecule has 0 saturated carbocycles. The summed E-state index contributed by atoms with van der Waals surface area (Å²) in [7, 11) is 0. The first-order valence-electron chi connectivity index (χ1n) is 10.1. The molecule has 0 bridgehead atoms. The van der Waals surface area contributed by atoms with E-state index >= 15 is 0 Å². The fourth-order valence-corrected chi connectivity index (χ4v) is 5.14. The molecule has 5 heteroatoms. The van der Waals surface area contributed by atoms with Crippen molar-refractivity contribution in [2.75, 3.05) is 25.0 Å². The number of anilines is 1. The Labute approximate surface area is 170 Å². The van der Waals surface area contributed by atoms with Crippen LogP contribution in [0.3, 0.4) is 0 Å². The third kappa shape index (κ3) is 4.10. The molecule has 1 N–H and O–H groups in total. The highest BCUT2D eigenvalue weighted by atomic mass is 32.1. The lowest BCUT2D eigenvalue weighted by Gasteiger charge is -2.31. The van der Waals surface area contributed by atoms with E-state index < -0.39 is 0 Å². The van der Waals surface area contributed by atoms with Crippen molar-refractivity contribution in [1.29, 1.82) is 0 Å². The van der Waals surface area contributed by atoms with Crippen LogP contribution in [-0.4, -0.2) is 35.4 Å². The number of hydrogen-bond acceptors (Lipinski definition) is 4. The second kappa shape index (κ2) is 8.41. The second-order valence-corrected chi connectivity index (χ2v) is 8.67. The molecule has 0 spiro atoms. The predicted octanol–water partition coefficient (Wildman–Crippen LogP) is 4.99. The maximum absolute atomic E-state index is 12.7. The fourth-order valence-electron chi connectivity index (χ4n) is 4.05. The molecule has 1 aliphatic rings. The van der Waals surface area contributed by atoms with Crippen LogP contribution in [0.1, 0.15) is 41.8 Å². The van der Waals surface area contributed by atoms with Gasteiger partial charge in [-0.15, -0.1) is 11.3 Å². The van der Waals surface area contributed by atoms with E-state index in [4.69, 9.17) is 4.98 Å². The quantitative estimate of drug-likeness (QED) is 0.664. The van der Waals surface area contributed by atoms with Crippen LogP contribution >= 0.6 is 11.3 Å². The van der Waals surface area contributed by atoms with Gasteiger partial charge >= 0.3 is 0 Å². The minimum absolute atomic E-state index is 0.0777.